The predicted octanol–water partition coefficient (Wildman–Crippen LogP) is 2.56. The van der Waals surface area contributed by atoms with Crippen molar-refractivity contribution in [2.24, 2.45) is 0 Å². The van der Waals surface area contributed by atoms with E-state index in [9.17, 15) is 9.90 Å². The van der Waals surface area contributed by atoms with Gasteiger partial charge in [-0.2, -0.15) is 0 Å². The molecular weight excluding hydrogens is 192 g/mol. The minimum absolute atomic E-state index is 0.00666. The van der Waals surface area contributed by atoms with Gasteiger partial charge in [-0.1, -0.05) is 6.92 Å². The number of aryl methyl sites for hydroxylation is 1. The molecule has 0 bridgehead atoms. The van der Waals surface area contributed by atoms with E-state index in [1.54, 1.807) is 12.1 Å². The summed E-state index contributed by atoms with van der Waals surface area (Å²) < 4.78 is 5.22. The van der Waals surface area contributed by atoms with Crippen molar-refractivity contribution in [1.29, 1.82) is 0 Å². The Labute approximate surface area is 89.7 Å². The second-order valence-corrected chi connectivity index (χ2v) is 3.32. The van der Waals surface area contributed by atoms with Crippen LogP contribution in [-0.4, -0.2) is 17.5 Å². The van der Waals surface area contributed by atoms with Gasteiger partial charge < -0.3 is 9.84 Å². The van der Waals surface area contributed by atoms with Crippen LogP contribution in [0.3, 0.4) is 0 Å². The number of hydrogen-bond donors (Lipinski definition) is 1. The van der Waals surface area contributed by atoms with Crippen molar-refractivity contribution in [2.75, 3.05) is 6.61 Å². The van der Waals surface area contributed by atoms with Gasteiger partial charge in [-0.15, -0.1) is 0 Å². The highest BCUT2D eigenvalue weighted by molar-refractivity contribution is 5.96. The zero-order chi connectivity index (χ0) is 11.4. The normalized spacial score (nSPS) is 10.1. The van der Waals surface area contributed by atoms with Gasteiger partial charge in [0.05, 0.1) is 6.61 Å². The predicted molar refractivity (Wildman–Crippen MR) is 58.7 cm³/mol. The summed E-state index contributed by atoms with van der Waals surface area (Å²) >= 11 is 0. The Bertz CT molecular complexity index is 369. The van der Waals surface area contributed by atoms with Crippen molar-refractivity contribution < 1.29 is 14.6 Å². The molecule has 0 saturated carbocycles. The van der Waals surface area contributed by atoms with Crippen LogP contribution in [0.15, 0.2) is 12.1 Å². The first kappa shape index (κ1) is 11.6. The Kier molecular flexibility index (Phi) is 3.72. The van der Waals surface area contributed by atoms with E-state index < -0.39 is 0 Å². The van der Waals surface area contributed by atoms with E-state index in [2.05, 4.69) is 0 Å². The van der Waals surface area contributed by atoms with E-state index >= 15 is 0 Å². The molecule has 1 aromatic carbocycles. The van der Waals surface area contributed by atoms with E-state index in [4.69, 9.17) is 4.74 Å². The minimum atomic E-state index is -0.00666. The van der Waals surface area contributed by atoms with Gasteiger partial charge in [-0.05, 0) is 38.0 Å². The van der Waals surface area contributed by atoms with Crippen LogP contribution >= 0.6 is 0 Å². The average Bonchev–Trinajstić information content (AvgIpc) is 2.20. The number of benzene rings is 1. The van der Waals surface area contributed by atoms with Crippen LogP contribution in [-0.2, 0) is 6.42 Å². The Balaban J connectivity index is 3.23. The van der Waals surface area contributed by atoms with Gasteiger partial charge in [0, 0.05) is 5.56 Å². The lowest BCUT2D eigenvalue weighted by Crippen LogP contribution is -2.01. The molecule has 3 nitrogen and oxygen atoms in total. The second kappa shape index (κ2) is 4.82. The van der Waals surface area contributed by atoms with Crippen LogP contribution in [0.1, 0.15) is 36.7 Å². The summed E-state index contributed by atoms with van der Waals surface area (Å²) in [6.07, 6.45) is 0.717. The van der Waals surface area contributed by atoms with Crippen molar-refractivity contribution in [3.63, 3.8) is 0 Å². The number of rotatable bonds is 4. The van der Waals surface area contributed by atoms with Crippen molar-refractivity contribution in [2.45, 2.75) is 27.2 Å². The molecule has 0 heterocycles. The molecule has 0 fully saturated rings. The number of phenolic OH excluding ortho intramolecular Hbond substituents is 1. The number of carbonyl (C=O) groups excluding carboxylic acids is 1. The summed E-state index contributed by atoms with van der Waals surface area (Å²) in [6, 6.07) is 3.21. The first-order valence-electron chi connectivity index (χ1n) is 5.09. The molecule has 15 heavy (non-hydrogen) atoms. The Hall–Kier alpha value is -1.51. The summed E-state index contributed by atoms with van der Waals surface area (Å²) in [5.41, 5.74) is 1.47. The molecule has 0 unspecified atom stereocenters. The summed E-state index contributed by atoms with van der Waals surface area (Å²) in [7, 11) is 0. The largest absolute Gasteiger partial charge is 0.504 e. The molecule has 0 aromatic heterocycles. The van der Waals surface area contributed by atoms with Gasteiger partial charge in [0.2, 0.25) is 0 Å². The van der Waals surface area contributed by atoms with Crippen LogP contribution in [0.5, 0.6) is 11.5 Å². The molecule has 0 aliphatic carbocycles. The third-order valence-corrected chi connectivity index (χ3v) is 2.24. The first-order chi connectivity index (χ1) is 7.10. The topological polar surface area (TPSA) is 46.5 Å². The standard InChI is InChI=1S/C12H16O3/c1-4-9-6-11(14)12(15-5-2)7-10(9)8(3)13/h6-7,14H,4-5H2,1-3H3. The lowest BCUT2D eigenvalue weighted by atomic mass is 10.0. The summed E-state index contributed by atoms with van der Waals surface area (Å²) in [5.74, 6) is 0.464. The lowest BCUT2D eigenvalue weighted by molar-refractivity contribution is 0.101. The fourth-order valence-electron chi connectivity index (χ4n) is 1.50. The maximum Gasteiger partial charge on any atom is 0.161 e. The van der Waals surface area contributed by atoms with Gasteiger partial charge >= 0.3 is 0 Å². The maximum atomic E-state index is 11.4. The third-order valence-electron chi connectivity index (χ3n) is 2.24. The SMILES string of the molecule is CCOc1cc(C(C)=O)c(CC)cc1O. The van der Waals surface area contributed by atoms with Crippen LogP contribution in [0.4, 0.5) is 0 Å². The first-order valence-corrected chi connectivity index (χ1v) is 5.09. The minimum Gasteiger partial charge on any atom is -0.504 e. The van der Waals surface area contributed by atoms with Gasteiger partial charge in [-0.3, -0.25) is 4.79 Å². The highest BCUT2D eigenvalue weighted by atomic mass is 16.5. The molecule has 82 valence electrons. The van der Waals surface area contributed by atoms with E-state index in [-0.39, 0.29) is 11.5 Å². The number of ketones is 1. The molecular formula is C12H16O3. The van der Waals surface area contributed by atoms with Crippen LogP contribution < -0.4 is 4.74 Å². The molecule has 0 amide bonds. The summed E-state index contributed by atoms with van der Waals surface area (Å²) in [4.78, 5) is 11.4. The maximum absolute atomic E-state index is 11.4. The van der Waals surface area contributed by atoms with Crippen molar-refractivity contribution in [3.05, 3.63) is 23.3 Å². The number of phenols is 1. The molecule has 0 aliphatic rings. The molecule has 0 saturated heterocycles. The van der Waals surface area contributed by atoms with Crippen molar-refractivity contribution in [3.8, 4) is 11.5 Å². The van der Waals surface area contributed by atoms with Gasteiger partial charge in [0.1, 0.15) is 0 Å². The molecule has 1 N–H and O–H groups in total. The third kappa shape index (κ3) is 2.49. The highest BCUT2D eigenvalue weighted by Gasteiger charge is 2.11. The van der Waals surface area contributed by atoms with E-state index in [1.807, 2.05) is 13.8 Å². The average molecular weight is 208 g/mol. The summed E-state index contributed by atoms with van der Waals surface area (Å²) in [5, 5.41) is 9.62. The van der Waals surface area contributed by atoms with Gasteiger partial charge in [0.15, 0.2) is 17.3 Å². The van der Waals surface area contributed by atoms with E-state index in [0.29, 0.717) is 17.9 Å². The fraction of sp³-hybridized carbons (Fsp3) is 0.417. The fourth-order valence-corrected chi connectivity index (χ4v) is 1.50. The van der Waals surface area contributed by atoms with Crippen molar-refractivity contribution in [1.82, 2.24) is 0 Å². The van der Waals surface area contributed by atoms with Crippen molar-refractivity contribution >= 4 is 5.78 Å². The smallest absolute Gasteiger partial charge is 0.161 e. The molecule has 0 aliphatic heterocycles. The Morgan fingerprint density at radius 2 is 2.07 bits per heavy atom. The monoisotopic (exact) mass is 208 g/mol. The Morgan fingerprint density at radius 1 is 1.40 bits per heavy atom. The zero-order valence-electron chi connectivity index (χ0n) is 9.33. The van der Waals surface area contributed by atoms with Gasteiger partial charge in [-0.25, -0.2) is 0 Å². The molecule has 0 atom stereocenters. The number of carbonyl (C=O) groups is 1. The second-order valence-electron chi connectivity index (χ2n) is 3.32. The number of Topliss-reactive ketones (excluding diaryl/α,β-unsaturated/α-hetero) is 1. The molecule has 3 heteroatoms. The Morgan fingerprint density at radius 3 is 2.53 bits per heavy atom. The quantitative estimate of drug-likeness (QED) is 0.773. The molecule has 0 radical (unpaired) electrons. The van der Waals surface area contributed by atoms with Gasteiger partial charge in [0.25, 0.3) is 0 Å². The van der Waals surface area contributed by atoms with Crippen LogP contribution in [0.25, 0.3) is 0 Å². The molecule has 1 rings (SSSR count). The number of hydrogen-bond acceptors (Lipinski definition) is 3. The number of ether oxygens (including phenoxy) is 1. The molecule has 1 aromatic rings. The zero-order valence-corrected chi connectivity index (χ0v) is 9.33. The van der Waals surface area contributed by atoms with E-state index in [1.165, 1.54) is 6.92 Å². The lowest BCUT2D eigenvalue weighted by Gasteiger charge is -2.10. The number of aromatic hydroxyl groups is 1. The molecule has 0 spiro atoms. The highest BCUT2D eigenvalue weighted by Crippen LogP contribution is 2.30. The van der Waals surface area contributed by atoms with Crippen LogP contribution in [0, 0.1) is 0 Å². The van der Waals surface area contributed by atoms with Crippen LogP contribution in [0.2, 0.25) is 0 Å². The summed E-state index contributed by atoms with van der Waals surface area (Å²) in [6.45, 7) is 5.76. The van der Waals surface area contributed by atoms with E-state index in [0.717, 1.165) is 12.0 Å².